The highest BCUT2D eigenvalue weighted by Gasteiger charge is 2.31. The van der Waals surface area contributed by atoms with Crippen LogP contribution in [0.2, 0.25) is 0 Å². The minimum absolute atomic E-state index is 0.0445. The average Bonchev–Trinajstić information content (AvgIpc) is 2.85. The number of hydrogen-bond acceptors (Lipinski definition) is 3. The minimum atomic E-state index is 0.0445. The summed E-state index contributed by atoms with van der Waals surface area (Å²) in [6, 6.07) is 10.1. The molecule has 0 spiro atoms. The SMILES string of the molecule is CCCn1nc(C)c2c1NC(=O)CC2COCc1ccccc1. The molecule has 1 unspecified atom stereocenters. The first kappa shape index (κ1) is 15.7. The zero-order chi connectivity index (χ0) is 16.2. The van der Waals surface area contributed by atoms with Crippen molar-refractivity contribution in [3.63, 3.8) is 0 Å². The van der Waals surface area contributed by atoms with Gasteiger partial charge in [-0.15, -0.1) is 0 Å². The van der Waals surface area contributed by atoms with Gasteiger partial charge in [-0.05, 0) is 18.9 Å². The van der Waals surface area contributed by atoms with Gasteiger partial charge in [0.15, 0.2) is 0 Å². The van der Waals surface area contributed by atoms with Crippen LogP contribution in [0.4, 0.5) is 5.82 Å². The molecule has 5 heteroatoms. The average molecular weight is 313 g/mol. The summed E-state index contributed by atoms with van der Waals surface area (Å²) in [5, 5.41) is 7.56. The number of nitrogens with one attached hydrogen (secondary N) is 1. The Kier molecular flexibility index (Phi) is 4.76. The molecule has 1 aliphatic rings. The Morgan fingerprint density at radius 2 is 2.13 bits per heavy atom. The zero-order valence-corrected chi connectivity index (χ0v) is 13.7. The second-order valence-corrected chi connectivity index (χ2v) is 6.02. The number of rotatable bonds is 6. The molecule has 5 nitrogen and oxygen atoms in total. The molecule has 122 valence electrons. The molecule has 1 N–H and O–H groups in total. The molecule has 1 aliphatic heterocycles. The molecule has 1 amide bonds. The van der Waals surface area contributed by atoms with Crippen molar-refractivity contribution in [1.82, 2.24) is 9.78 Å². The third-order valence-electron chi connectivity index (χ3n) is 4.14. The lowest BCUT2D eigenvalue weighted by Gasteiger charge is -2.24. The zero-order valence-electron chi connectivity index (χ0n) is 13.7. The Hall–Kier alpha value is -2.14. The Morgan fingerprint density at radius 3 is 2.87 bits per heavy atom. The van der Waals surface area contributed by atoms with E-state index in [2.05, 4.69) is 17.3 Å². The first-order valence-electron chi connectivity index (χ1n) is 8.17. The van der Waals surface area contributed by atoms with E-state index in [1.807, 2.05) is 41.9 Å². The standard InChI is InChI=1S/C18H23N3O2/c1-3-9-21-18-17(13(2)20-21)15(10-16(22)19-18)12-23-11-14-7-5-4-6-8-14/h4-8,15H,3,9-12H2,1-2H3,(H,19,22). The van der Waals surface area contributed by atoms with Crippen molar-refractivity contribution in [2.75, 3.05) is 11.9 Å². The van der Waals surface area contributed by atoms with Gasteiger partial charge in [0.25, 0.3) is 0 Å². The number of anilines is 1. The number of benzene rings is 1. The molecule has 0 bridgehead atoms. The Morgan fingerprint density at radius 1 is 1.35 bits per heavy atom. The summed E-state index contributed by atoms with van der Waals surface area (Å²) < 4.78 is 7.78. The summed E-state index contributed by atoms with van der Waals surface area (Å²) in [7, 11) is 0. The van der Waals surface area contributed by atoms with Crippen molar-refractivity contribution in [3.8, 4) is 0 Å². The van der Waals surface area contributed by atoms with Crippen molar-refractivity contribution < 1.29 is 9.53 Å². The number of aryl methyl sites for hydroxylation is 2. The summed E-state index contributed by atoms with van der Waals surface area (Å²) in [4.78, 5) is 12.0. The van der Waals surface area contributed by atoms with E-state index in [9.17, 15) is 4.79 Å². The number of hydrogen-bond donors (Lipinski definition) is 1. The van der Waals surface area contributed by atoms with Crippen LogP contribution in [0.3, 0.4) is 0 Å². The molecule has 23 heavy (non-hydrogen) atoms. The van der Waals surface area contributed by atoms with E-state index in [-0.39, 0.29) is 11.8 Å². The van der Waals surface area contributed by atoms with E-state index >= 15 is 0 Å². The first-order chi connectivity index (χ1) is 11.2. The molecule has 0 radical (unpaired) electrons. The minimum Gasteiger partial charge on any atom is -0.376 e. The van der Waals surface area contributed by atoms with Crippen LogP contribution in [-0.4, -0.2) is 22.3 Å². The van der Waals surface area contributed by atoms with Gasteiger partial charge in [-0.25, -0.2) is 4.68 Å². The van der Waals surface area contributed by atoms with Gasteiger partial charge in [0.2, 0.25) is 5.91 Å². The van der Waals surface area contributed by atoms with Crippen LogP contribution in [0.5, 0.6) is 0 Å². The van der Waals surface area contributed by atoms with Crippen LogP contribution in [0, 0.1) is 6.92 Å². The van der Waals surface area contributed by atoms with Crippen molar-refractivity contribution in [1.29, 1.82) is 0 Å². The summed E-state index contributed by atoms with van der Waals surface area (Å²) in [6.45, 7) is 6.03. The lowest BCUT2D eigenvalue weighted by molar-refractivity contribution is -0.117. The van der Waals surface area contributed by atoms with E-state index in [0.29, 0.717) is 19.6 Å². The van der Waals surface area contributed by atoms with E-state index in [4.69, 9.17) is 4.74 Å². The smallest absolute Gasteiger partial charge is 0.226 e. The van der Waals surface area contributed by atoms with Gasteiger partial charge in [0.1, 0.15) is 5.82 Å². The van der Waals surface area contributed by atoms with Gasteiger partial charge in [-0.2, -0.15) is 5.10 Å². The number of carbonyl (C=O) groups excluding carboxylic acids is 1. The summed E-state index contributed by atoms with van der Waals surface area (Å²) in [6.07, 6.45) is 1.44. The van der Waals surface area contributed by atoms with Crippen molar-refractivity contribution in [3.05, 3.63) is 47.2 Å². The Bertz CT molecular complexity index is 679. The highest BCUT2D eigenvalue weighted by Crippen LogP contribution is 2.35. The quantitative estimate of drug-likeness (QED) is 0.890. The van der Waals surface area contributed by atoms with Gasteiger partial charge < -0.3 is 10.1 Å². The molecule has 0 fully saturated rings. The van der Waals surface area contributed by atoms with Crippen LogP contribution in [0.15, 0.2) is 30.3 Å². The molecule has 0 saturated carbocycles. The van der Waals surface area contributed by atoms with Gasteiger partial charge in [-0.1, -0.05) is 37.3 Å². The largest absolute Gasteiger partial charge is 0.376 e. The van der Waals surface area contributed by atoms with E-state index < -0.39 is 0 Å². The fraction of sp³-hybridized carbons (Fsp3) is 0.444. The molecule has 2 aromatic rings. The number of aromatic nitrogens is 2. The Balaban J connectivity index is 1.72. The third kappa shape index (κ3) is 3.45. The maximum atomic E-state index is 12.0. The topological polar surface area (TPSA) is 56.2 Å². The molecular formula is C18H23N3O2. The van der Waals surface area contributed by atoms with Crippen molar-refractivity contribution in [2.24, 2.45) is 0 Å². The Labute approximate surface area is 136 Å². The first-order valence-corrected chi connectivity index (χ1v) is 8.17. The maximum Gasteiger partial charge on any atom is 0.226 e. The van der Waals surface area contributed by atoms with Crippen LogP contribution in [0.1, 0.15) is 42.5 Å². The molecular weight excluding hydrogens is 290 g/mol. The molecule has 1 aromatic carbocycles. The summed E-state index contributed by atoms with van der Waals surface area (Å²) in [5.41, 5.74) is 3.26. The molecule has 0 saturated heterocycles. The number of fused-ring (bicyclic) bond motifs is 1. The molecule has 1 aromatic heterocycles. The van der Waals surface area contributed by atoms with Crippen molar-refractivity contribution >= 4 is 11.7 Å². The van der Waals surface area contributed by atoms with Gasteiger partial charge in [0, 0.05) is 24.4 Å². The highest BCUT2D eigenvalue weighted by atomic mass is 16.5. The number of carbonyl (C=O) groups is 1. The third-order valence-corrected chi connectivity index (χ3v) is 4.14. The molecule has 3 rings (SSSR count). The van der Waals surface area contributed by atoms with Gasteiger partial charge in [-0.3, -0.25) is 4.79 Å². The number of nitrogens with zero attached hydrogens (tertiary/aromatic N) is 2. The summed E-state index contributed by atoms with van der Waals surface area (Å²) in [5.74, 6) is 0.977. The fourth-order valence-electron chi connectivity index (χ4n) is 3.13. The number of amides is 1. The van der Waals surface area contributed by atoms with Crippen LogP contribution < -0.4 is 5.32 Å². The molecule has 0 aliphatic carbocycles. The van der Waals surface area contributed by atoms with E-state index in [1.54, 1.807) is 0 Å². The predicted octanol–water partition coefficient (Wildman–Crippen LogP) is 3.24. The van der Waals surface area contributed by atoms with Crippen molar-refractivity contribution in [2.45, 2.75) is 45.8 Å². The lowest BCUT2D eigenvalue weighted by atomic mass is 9.93. The second kappa shape index (κ2) is 6.96. The van der Waals surface area contributed by atoms with E-state index in [0.717, 1.165) is 35.6 Å². The van der Waals surface area contributed by atoms with Gasteiger partial charge in [0.05, 0.1) is 18.9 Å². The van der Waals surface area contributed by atoms with Crippen LogP contribution in [-0.2, 0) is 22.7 Å². The summed E-state index contributed by atoms with van der Waals surface area (Å²) >= 11 is 0. The maximum absolute atomic E-state index is 12.0. The monoisotopic (exact) mass is 313 g/mol. The molecule has 1 atom stereocenters. The van der Waals surface area contributed by atoms with E-state index in [1.165, 1.54) is 0 Å². The van der Waals surface area contributed by atoms with Crippen LogP contribution in [0.25, 0.3) is 0 Å². The fourth-order valence-corrected chi connectivity index (χ4v) is 3.13. The molecule has 2 heterocycles. The van der Waals surface area contributed by atoms with Crippen LogP contribution >= 0.6 is 0 Å². The predicted molar refractivity (Wildman–Crippen MR) is 89.3 cm³/mol. The number of ether oxygens (including phenoxy) is 1. The normalized spacial score (nSPS) is 17.0. The second-order valence-electron chi connectivity index (χ2n) is 6.02. The van der Waals surface area contributed by atoms with Gasteiger partial charge >= 0.3 is 0 Å². The highest BCUT2D eigenvalue weighted by molar-refractivity contribution is 5.94. The lowest BCUT2D eigenvalue weighted by Crippen LogP contribution is -2.26.